The van der Waals surface area contributed by atoms with Crippen LogP contribution >= 0.6 is 0 Å². The maximum atomic E-state index is 5.40. The molecular formula is C20H31N5O3. The van der Waals surface area contributed by atoms with E-state index < -0.39 is 0 Å². The summed E-state index contributed by atoms with van der Waals surface area (Å²) in [5.41, 5.74) is 1.93. The Bertz CT molecular complexity index is 701. The summed E-state index contributed by atoms with van der Waals surface area (Å²) < 4.78 is 16.0. The van der Waals surface area contributed by atoms with E-state index in [0.717, 1.165) is 87.5 Å². The molecule has 2 aromatic heterocycles. The van der Waals surface area contributed by atoms with Gasteiger partial charge in [0.25, 0.3) is 0 Å². The Morgan fingerprint density at radius 1 is 1.21 bits per heavy atom. The molecule has 0 spiro atoms. The van der Waals surface area contributed by atoms with Crippen molar-refractivity contribution in [3.63, 3.8) is 0 Å². The predicted octanol–water partition coefficient (Wildman–Crippen LogP) is 1.88. The summed E-state index contributed by atoms with van der Waals surface area (Å²) in [6.07, 6.45) is 3.57. The van der Waals surface area contributed by atoms with Crippen LogP contribution in [0.15, 0.2) is 32.3 Å². The average Bonchev–Trinajstić information content (AvgIpc) is 3.34. The van der Waals surface area contributed by atoms with E-state index in [1.165, 1.54) is 0 Å². The van der Waals surface area contributed by atoms with Gasteiger partial charge in [0.05, 0.1) is 31.7 Å². The maximum Gasteiger partial charge on any atom is 0.191 e. The molecule has 2 N–H and O–H groups in total. The van der Waals surface area contributed by atoms with Gasteiger partial charge < -0.3 is 24.3 Å². The van der Waals surface area contributed by atoms with Gasteiger partial charge in [-0.1, -0.05) is 5.16 Å². The quantitative estimate of drug-likeness (QED) is 0.385. The summed E-state index contributed by atoms with van der Waals surface area (Å²) in [6, 6.07) is 3.89. The minimum absolute atomic E-state index is 0.542. The van der Waals surface area contributed by atoms with Crippen LogP contribution in [0.2, 0.25) is 0 Å². The highest BCUT2D eigenvalue weighted by Crippen LogP contribution is 2.13. The minimum atomic E-state index is 0.542. The van der Waals surface area contributed by atoms with Crippen LogP contribution in [0, 0.1) is 13.8 Å². The molecule has 1 fully saturated rings. The molecule has 154 valence electrons. The van der Waals surface area contributed by atoms with E-state index >= 15 is 0 Å². The molecule has 0 bridgehead atoms. The highest BCUT2D eigenvalue weighted by molar-refractivity contribution is 5.79. The number of ether oxygens (including phenoxy) is 1. The van der Waals surface area contributed by atoms with Crippen LogP contribution in [0.4, 0.5) is 0 Å². The van der Waals surface area contributed by atoms with Gasteiger partial charge in [-0.25, -0.2) is 4.99 Å². The molecule has 0 radical (unpaired) electrons. The second kappa shape index (κ2) is 10.9. The molecule has 8 nitrogen and oxygen atoms in total. The molecule has 1 saturated heterocycles. The molecule has 0 aromatic carbocycles. The molecule has 0 aliphatic carbocycles. The second-order valence-corrected chi connectivity index (χ2v) is 6.96. The molecule has 0 saturated carbocycles. The minimum Gasteiger partial charge on any atom is -0.469 e. The van der Waals surface area contributed by atoms with E-state index in [0.29, 0.717) is 6.54 Å². The first-order valence-electron chi connectivity index (χ1n) is 9.99. The smallest absolute Gasteiger partial charge is 0.191 e. The summed E-state index contributed by atoms with van der Waals surface area (Å²) in [5, 5.41) is 10.8. The fraction of sp³-hybridized carbons (Fsp3) is 0.600. The third kappa shape index (κ3) is 6.38. The van der Waals surface area contributed by atoms with Crippen molar-refractivity contribution in [2.75, 3.05) is 45.9 Å². The van der Waals surface area contributed by atoms with Crippen molar-refractivity contribution in [1.29, 1.82) is 0 Å². The summed E-state index contributed by atoms with van der Waals surface area (Å²) >= 11 is 0. The van der Waals surface area contributed by atoms with Crippen LogP contribution in [0.3, 0.4) is 0 Å². The molecule has 8 heteroatoms. The number of aliphatic imine (C=N–C) groups is 1. The van der Waals surface area contributed by atoms with E-state index in [9.17, 15) is 0 Å². The third-order valence-corrected chi connectivity index (χ3v) is 4.87. The van der Waals surface area contributed by atoms with E-state index in [2.05, 4.69) is 20.7 Å². The summed E-state index contributed by atoms with van der Waals surface area (Å²) in [6.45, 7) is 10.8. The van der Waals surface area contributed by atoms with Gasteiger partial charge in [0, 0.05) is 38.2 Å². The first-order chi connectivity index (χ1) is 13.7. The Balaban J connectivity index is 1.48. The largest absolute Gasteiger partial charge is 0.469 e. The Kier molecular flexibility index (Phi) is 7.93. The first-order valence-corrected chi connectivity index (χ1v) is 9.99. The van der Waals surface area contributed by atoms with Gasteiger partial charge in [0.2, 0.25) is 0 Å². The molecule has 3 rings (SSSR count). The van der Waals surface area contributed by atoms with Crippen LogP contribution in [-0.4, -0.2) is 62.0 Å². The molecule has 0 amide bonds. The van der Waals surface area contributed by atoms with Crippen LogP contribution < -0.4 is 10.6 Å². The summed E-state index contributed by atoms with van der Waals surface area (Å²) in [5.74, 6) is 2.59. The lowest BCUT2D eigenvalue weighted by Gasteiger charge is -2.26. The van der Waals surface area contributed by atoms with Gasteiger partial charge in [-0.3, -0.25) is 4.90 Å². The number of hydrogen-bond acceptors (Lipinski definition) is 6. The Morgan fingerprint density at radius 2 is 2.04 bits per heavy atom. The molecule has 0 atom stereocenters. The number of rotatable bonds is 9. The van der Waals surface area contributed by atoms with Crippen molar-refractivity contribution < 1.29 is 13.7 Å². The number of nitrogens with zero attached hydrogens (tertiary/aromatic N) is 3. The van der Waals surface area contributed by atoms with Crippen LogP contribution in [0.25, 0.3) is 0 Å². The number of morpholine rings is 1. The Hall–Kier alpha value is -2.32. The van der Waals surface area contributed by atoms with Crippen molar-refractivity contribution in [2.24, 2.45) is 4.99 Å². The monoisotopic (exact) mass is 389 g/mol. The van der Waals surface area contributed by atoms with Crippen LogP contribution in [0.5, 0.6) is 0 Å². The highest BCUT2D eigenvalue weighted by atomic mass is 16.5. The maximum absolute atomic E-state index is 5.40. The van der Waals surface area contributed by atoms with E-state index in [1.807, 2.05) is 26.0 Å². The molecule has 1 aliphatic heterocycles. The zero-order chi connectivity index (χ0) is 19.6. The highest BCUT2D eigenvalue weighted by Gasteiger charge is 2.11. The van der Waals surface area contributed by atoms with Gasteiger partial charge in [-0.15, -0.1) is 0 Å². The van der Waals surface area contributed by atoms with E-state index in [4.69, 9.17) is 18.7 Å². The van der Waals surface area contributed by atoms with E-state index in [1.54, 1.807) is 6.26 Å². The fourth-order valence-corrected chi connectivity index (χ4v) is 3.15. The average molecular weight is 390 g/mol. The van der Waals surface area contributed by atoms with Crippen molar-refractivity contribution in [2.45, 2.75) is 33.2 Å². The fourth-order valence-electron chi connectivity index (χ4n) is 3.15. The van der Waals surface area contributed by atoms with Gasteiger partial charge in [0.1, 0.15) is 11.5 Å². The molecule has 28 heavy (non-hydrogen) atoms. The molecular weight excluding hydrogens is 358 g/mol. The van der Waals surface area contributed by atoms with Crippen molar-refractivity contribution in [1.82, 2.24) is 20.7 Å². The molecule has 0 unspecified atom stereocenters. The Morgan fingerprint density at radius 3 is 2.75 bits per heavy atom. The topological polar surface area (TPSA) is 88.1 Å². The zero-order valence-electron chi connectivity index (χ0n) is 16.9. The number of guanidine groups is 1. The first kappa shape index (κ1) is 20.4. The van der Waals surface area contributed by atoms with Gasteiger partial charge in [-0.05, 0) is 38.9 Å². The molecule has 1 aliphatic rings. The number of furan rings is 1. The number of aromatic nitrogens is 1. The lowest BCUT2D eigenvalue weighted by Crippen LogP contribution is -2.41. The lowest BCUT2D eigenvalue weighted by atomic mass is 10.2. The SMILES string of the molecule is Cc1noc(C)c1CN=C(NCCCN1CCOCC1)NCCc1ccco1. The number of hydrogen-bond donors (Lipinski definition) is 2. The van der Waals surface area contributed by atoms with Crippen molar-refractivity contribution in [3.05, 3.63) is 41.2 Å². The zero-order valence-corrected chi connectivity index (χ0v) is 16.9. The molecule has 2 aromatic rings. The number of nitrogens with one attached hydrogen (secondary N) is 2. The second-order valence-electron chi connectivity index (χ2n) is 6.96. The Labute approximate surface area is 166 Å². The van der Waals surface area contributed by atoms with E-state index in [-0.39, 0.29) is 0 Å². The summed E-state index contributed by atoms with van der Waals surface area (Å²) in [7, 11) is 0. The van der Waals surface area contributed by atoms with Crippen LogP contribution in [-0.2, 0) is 17.7 Å². The van der Waals surface area contributed by atoms with Crippen molar-refractivity contribution in [3.8, 4) is 0 Å². The summed E-state index contributed by atoms with van der Waals surface area (Å²) in [4.78, 5) is 7.16. The predicted molar refractivity (Wildman–Crippen MR) is 107 cm³/mol. The van der Waals surface area contributed by atoms with Gasteiger partial charge >= 0.3 is 0 Å². The normalized spacial score (nSPS) is 15.7. The van der Waals surface area contributed by atoms with Crippen LogP contribution in [0.1, 0.15) is 29.2 Å². The molecule has 3 heterocycles. The lowest BCUT2D eigenvalue weighted by molar-refractivity contribution is 0.0376. The van der Waals surface area contributed by atoms with Gasteiger partial charge in [0.15, 0.2) is 5.96 Å². The van der Waals surface area contributed by atoms with Gasteiger partial charge in [-0.2, -0.15) is 0 Å². The number of aryl methyl sites for hydroxylation is 2. The standard InChI is InChI=1S/C20H31N5O3/c1-16-19(17(2)28-24-16)15-23-20(22-8-6-18-5-3-12-27-18)21-7-4-9-25-10-13-26-14-11-25/h3,5,12H,4,6-11,13-15H2,1-2H3,(H2,21,22,23). The van der Waals surface area contributed by atoms with Crippen molar-refractivity contribution >= 4 is 5.96 Å². The third-order valence-electron chi connectivity index (χ3n) is 4.87.